The lowest BCUT2D eigenvalue weighted by molar-refractivity contribution is 0.214. The van der Waals surface area contributed by atoms with Crippen LogP contribution in [0.1, 0.15) is 80.1 Å². The Balaban J connectivity index is 3.90. The van der Waals surface area contributed by atoms with Crippen molar-refractivity contribution in [1.29, 1.82) is 0 Å². The van der Waals surface area contributed by atoms with Gasteiger partial charge in [-0.2, -0.15) is 0 Å². The van der Waals surface area contributed by atoms with E-state index in [-0.39, 0.29) is 0 Å². The average molecular weight is 198 g/mol. The van der Waals surface area contributed by atoms with E-state index in [1.54, 1.807) is 0 Å². The van der Waals surface area contributed by atoms with Gasteiger partial charge in [-0.15, -0.1) is 0 Å². The molecule has 0 spiro atoms. The SMILES string of the molecule is CCCC(C)(C)CCC(C)(C)CCC. The molecule has 0 saturated carbocycles. The maximum Gasteiger partial charge on any atom is -0.0354 e. The average Bonchev–Trinajstić information content (AvgIpc) is 2.01. The highest BCUT2D eigenvalue weighted by Gasteiger charge is 2.22. The van der Waals surface area contributed by atoms with Crippen molar-refractivity contribution >= 4 is 0 Å². The molecule has 0 amide bonds. The largest absolute Gasteiger partial charge is 0.0654 e. The van der Waals surface area contributed by atoms with Gasteiger partial charge in [-0.1, -0.05) is 54.4 Å². The van der Waals surface area contributed by atoms with Gasteiger partial charge < -0.3 is 0 Å². The standard InChI is InChI=1S/C14H30/c1-7-9-13(3,4)11-12-14(5,6)10-8-2/h7-12H2,1-6H3. The third-order valence-electron chi connectivity index (χ3n) is 3.33. The van der Waals surface area contributed by atoms with Gasteiger partial charge >= 0.3 is 0 Å². The minimum atomic E-state index is 0.555. The van der Waals surface area contributed by atoms with Crippen LogP contribution in [0, 0.1) is 10.8 Å². The van der Waals surface area contributed by atoms with E-state index in [0.717, 1.165) is 0 Å². The summed E-state index contributed by atoms with van der Waals surface area (Å²) in [5, 5.41) is 0. The Morgan fingerprint density at radius 2 is 0.857 bits per heavy atom. The van der Waals surface area contributed by atoms with Gasteiger partial charge in [-0.25, -0.2) is 0 Å². The fourth-order valence-electron chi connectivity index (χ4n) is 2.28. The Labute approximate surface area is 91.5 Å². The van der Waals surface area contributed by atoms with Crippen LogP contribution in [-0.4, -0.2) is 0 Å². The summed E-state index contributed by atoms with van der Waals surface area (Å²) < 4.78 is 0. The molecule has 0 heterocycles. The van der Waals surface area contributed by atoms with Gasteiger partial charge in [0, 0.05) is 0 Å². The van der Waals surface area contributed by atoms with E-state index in [1.807, 2.05) is 0 Å². The first kappa shape index (κ1) is 14.0. The van der Waals surface area contributed by atoms with Crippen LogP contribution < -0.4 is 0 Å². The molecule has 0 aromatic heterocycles. The predicted octanol–water partition coefficient (Wildman–Crippen LogP) is 5.42. The summed E-state index contributed by atoms with van der Waals surface area (Å²) in [7, 11) is 0. The predicted molar refractivity (Wildman–Crippen MR) is 66.6 cm³/mol. The second kappa shape index (κ2) is 5.78. The monoisotopic (exact) mass is 198 g/mol. The molecule has 86 valence electrons. The number of hydrogen-bond acceptors (Lipinski definition) is 0. The van der Waals surface area contributed by atoms with Crippen LogP contribution in [0.5, 0.6) is 0 Å². The van der Waals surface area contributed by atoms with Crippen molar-refractivity contribution in [2.24, 2.45) is 10.8 Å². The molecule has 0 heteroatoms. The molecular weight excluding hydrogens is 168 g/mol. The quantitative estimate of drug-likeness (QED) is 0.512. The first-order valence-electron chi connectivity index (χ1n) is 6.33. The Morgan fingerprint density at radius 3 is 1.07 bits per heavy atom. The highest BCUT2D eigenvalue weighted by molar-refractivity contribution is 4.74. The van der Waals surface area contributed by atoms with Crippen LogP contribution in [0.2, 0.25) is 0 Å². The number of rotatable bonds is 7. The highest BCUT2D eigenvalue weighted by atomic mass is 14.3. The van der Waals surface area contributed by atoms with Crippen molar-refractivity contribution in [2.75, 3.05) is 0 Å². The van der Waals surface area contributed by atoms with E-state index in [2.05, 4.69) is 41.5 Å². The van der Waals surface area contributed by atoms with Crippen LogP contribution >= 0.6 is 0 Å². The zero-order chi connectivity index (χ0) is 11.2. The van der Waals surface area contributed by atoms with Gasteiger partial charge in [-0.05, 0) is 36.5 Å². The van der Waals surface area contributed by atoms with E-state index in [1.165, 1.54) is 38.5 Å². The fourth-order valence-corrected chi connectivity index (χ4v) is 2.28. The van der Waals surface area contributed by atoms with Crippen LogP contribution in [0.15, 0.2) is 0 Å². The first-order valence-corrected chi connectivity index (χ1v) is 6.33. The first-order chi connectivity index (χ1) is 6.33. The summed E-state index contributed by atoms with van der Waals surface area (Å²) in [6.07, 6.45) is 8.15. The second-order valence-corrected chi connectivity index (χ2v) is 6.33. The molecule has 0 bridgehead atoms. The van der Waals surface area contributed by atoms with E-state index >= 15 is 0 Å². The minimum Gasteiger partial charge on any atom is -0.0654 e. The maximum atomic E-state index is 2.42. The normalized spacial score (nSPS) is 13.3. The van der Waals surface area contributed by atoms with Crippen LogP contribution in [-0.2, 0) is 0 Å². The fraction of sp³-hybridized carbons (Fsp3) is 1.00. The van der Waals surface area contributed by atoms with Crippen molar-refractivity contribution in [3.8, 4) is 0 Å². The molecule has 0 N–H and O–H groups in total. The van der Waals surface area contributed by atoms with Crippen LogP contribution in [0.25, 0.3) is 0 Å². The lowest BCUT2D eigenvalue weighted by Gasteiger charge is -2.31. The van der Waals surface area contributed by atoms with Crippen molar-refractivity contribution in [3.63, 3.8) is 0 Å². The second-order valence-electron chi connectivity index (χ2n) is 6.33. The van der Waals surface area contributed by atoms with Crippen molar-refractivity contribution in [3.05, 3.63) is 0 Å². The molecule has 0 aliphatic carbocycles. The Bertz CT molecular complexity index is 124. The number of hydrogen-bond donors (Lipinski definition) is 0. The third kappa shape index (κ3) is 6.45. The summed E-state index contributed by atoms with van der Waals surface area (Å²) in [6.45, 7) is 14.2. The molecule has 0 unspecified atom stereocenters. The topological polar surface area (TPSA) is 0 Å². The summed E-state index contributed by atoms with van der Waals surface area (Å²) in [5.41, 5.74) is 1.11. The van der Waals surface area contributed by atoms with E-state index in [4.69, 9.17) is 0 Å². The van der Waals surface area contributed by atoms with Gasteiger partial charge in [0.15, 0.2) is 0 Å². The molecule has 0 aromatic carbocycles. The zero-order valence-corrected chi connectivity index (χ0v) is 11.2. The molecule has 0 aliphatic heterocycles. The van der Waals surface area contributed by atoms with Crippen molar-refractivity contribution < 1.29 is 0 Å². The highest BCUT2D eigenvalue weighted by Crippen LogP contribution is 2.36. The van der Waals surface area contributed by atoms with E-state index in [0.29, 0.717) is 10.8 Å². The van der Waals surface area contributed by atoms with Crippen LogP contribution in [0.3, 0.4) is 0 Å². The summed E-state index contributed by atoms with van der Waals surface area (Å²) in [4.78, 5) is 0. The molecule has 0 radical (unpaired) electrons. The van der Waals surface area contributed by atoms with Gasteiger partial charge in [0.1, 0.15) is 0 Å². The lowest BCUT2D eigenvalue weighted by Crippen LogP contribution is -2.18. The molecule has 0 aromatic rings. The molecule has 0 aliphatic rings. The van der Waals surface area contributed by atoms with Gasteiger partial charge in [0.05, 0.1) is 0 Å². The van der Waals surface area contributed by atoms with E-state index in [9.17, 15) is 0 Å². The lowest BCUT2D eigenvalue weighted by atomic mass is 9.75. The summed E-state index contributed by atoms with van der Waals surface area (Å²) in [5.74, 6) is 0. The molecular formula is C14H30. The van der Waals surface area contributed by atoms with E-state index < -0.39 is 0 Å². The molecule has 14 heavy (non-hydrogen) atoms. The van der Waals surface area contributed by atoms with Gasteiger partial charge in [-0.3, -0.25) is 0 Å². The maximum absolute atomic E-state index is 2.42. The third-order valence-corrected chi connectivity index (χ3v) is 3.33. The summed E-state index contributed by atoms with van der Waals surface area (Å²) in [6, 6.07) is 0. The smallest absolute Gasteiger partial charge is 0.0354 e. The minimum absolute atomic E-state index is 0.555. The van der Waals surface area contributed by atoms with Gasteiger partial charge in [0.2, 0.25) is 0 Å². The summed E-state index contributed by atoms with van der Waals surface area (Å²) >= 11 is 0. The Hall–Kier alpha value is 0. The van der Waals surface area contributed by atoms with Gasteiger partial charge in [0.25, 0.3) is 0 Å². The molecule has 0 nitrogen and oxygen atoms in total. The molecule has 0 atom stereocenters. The Kier molecular flexibility index (Phi) is 5.78. The van der Waals surface area contributed by atoms with Crippen molar-refractivity contribution in [1.82, 2.24) is 0 Å². The van der Waals surface area contributed by atoms with Crippen molar-refractivity contribution in [2.45, 2.75) is 80.1 Å². The molecule has 0 rings (SSSR count). The van der Waals surface area contributed by atoms with Crippen LogP contribution in [0.4, 0.5) is 0 Å². The molecule has 0 fully saturated rings. The zero-order valence-electron chi connectivity index (χ0n) is 11.2. The Morgan fingerprint density at radius 1 is 0.571 bits per heavy atom. The molecule has 0 saturated heterocycles.